The second-order valence-electron chi connectivity index (χ2n) is 4.56. The monoisotopic (exact) mass is 389 g/mol. The van der Waals surface area contributed by atoms with Gasteiger partial charge in [-0.15, -0.1) is 13.2 Å². The van der Waals surface area contributed by atoms with Gasteiger partial charge in [0.1, 0.15) is 17.6 Å². The molecule has 12 heteroatoms. The van der Waals surface area contributed by atoms with Gasteiger partial charge in [-0.3, -0.25) is 18.8 Å². The Morgan fingerprint density at radius 2 is 1.52 bits per heavy atom. The van der Waals surface area contributed by atoms with Crippen LogP contribution < -0.4 is 0 Å². The van der Waals surface area contributed by atoms with Crippen LogP contribution in [-0.4, -0.2) is 65.2 Å². The van der Waals surface area contributed by atoms with Crippen LogP contribution in [0.15, 0.2) is 25.3 Å². The van der Waals surface area contributed by atoms with E-state index in [4.69, 9.17) is 0 Å². The smallest absolute Gasteiger partial charge is 0.346 e. The molecule has 0 radical (unpaired) electrons. The van der Waals surface area contributed by atoms with Crippen molar-refractivity contribution >= 4 is 32.9 Å². The molecule has 0 aromatic heterocycles. The van der Waals surface area contributed by atoms with E-state index in [2.05, 4.69) is 13.2 Å². The normalized spacial score (nSPS) is 16.6. The molecule has 9 nitrogen and oxygen atoms in total. The molecule has 0 saturated carbocycles. The summed E-state index contributed by atoms with van der Waals surface area (Å²) in [5.41, 5.74) is 0. The van der Waals surface area contributed by atoms with E-state index in [9.17, 15) is 38.6 Å². The number of carboxylic acid groups (broad SMARTS) is 1. The van der Waals surface area contributed by atoms with E-state index >= 15 is 0 Å². The van der Waals surface area contributed by atoms with E-state index in [-0.39, 0.29) is 6.42 Å². The first-order valence-corrected chi connectivity index (χ1v) is 11.0. The molecule has 0 spiro atoms. The molecule has 2 unspecified atom stereocenters. The molecule has 23 heavy (non-hydrogen) atoms. The van der Waals surface area contributed by atoms with Crippen molar-refractivity contribution in [3.8, 4) is 0 Å². The zero-order chi connectivity index (χ0) is 18.4. The average Bonchev–Trinajstić information content (AvgIpc) is 2.36. The Morgan fingerprint density at radius 3 is 1.74 bits per heavy atom. The maximum absolute atomic E-state index is 11.6. The average molecular weight is 389 g/mol. The minimum atomic E-state index is -4.95. The molecule has 0 aromatic carbocycles. The van der Waals surface area contributed by atoms with Gasteiger partial charge >= 0.3 is 21.2 Å². The van der Waals surface area contributed by atoms with Gasteiger partial charge in [-0.05, 0) is 18.4 Å². The van der Waals surface area contributed by atoms with Gasteiger partial charge in [-0.25, -0.2) is 0 Å². The molecule has 134 valence electrons. The number of carbonyl (C=O) groups is 1. The zero-order valence-corrected chi connectivity index (χ0v) is 15.0. The van der Waals surface area contributed by atoms with E-state index in [0.717, 1.165) is 12.2 Å². The van der Waals surface area contributed by atoms with Crippen molar-refractivity contribution in [3.05, 3.63) is 25.3 Å². The van der Waals surface area contributed by atoms with Crippen molar-refractivity contribution in [1.82, 2.24) is 4.90 Å². The molecule has 0 saturated heterocycles. The van der Waals surface area contributed by atoms with Gasteiger partial charge in [0.15, 0.2) is 0 Å². The van der Waals surface area contributed by atoms with Crippen LogP contribution in [0.25, 0.3) is 0 Å². The summed E-state index contributed by atoms with van der Waals surface area (Å²) in [5, 5.41) is 9.37. The first-order valence-electron chi connectivity index (χ1n) is 6.26. The Labute approximate surface area is 138 Å². The highest BCUT2D eigenvalue weighted by molar-refractivity contribution is 7.98. The number of rotatable bonds is 11. The second kappa shape index (κ2) is 9.15. The Kier molecular flexibility index (Phi) is 8.97. The molecule has 0 heterocycles. The molecule has 0 aromatic rings. The van der Waals surface area contributed by atoms with Gasteiger partial charge in [-0.2, -0.15) is 11.8 Å². The van der Waals surface area contributed by atoms with E-state index in [0.29, 0.717) is 10.7 Å². The SMILES string of the molecule is C=CC(N(C(C=C)P(=O)(O)O)[C@@H](CCSC)C(=O)O)P(=O)(O)O. The third kappa shape index (κ3) is 6.52. The van der Waals surface area contributed by atoms with Crippen molar-refractivity contribution in [3.63, 3.8) is 0 Å². The van der Waals surface area contributed by atoms with Gasteiger partial charge in [0.2, 0.25) is 0 Å². The molecule has 0 amide bonds. The largest absolute Gasteiger partial charge is 0.480 e. The Bertz CT molecular complexity index is 496. The van der Waals surface area contributed by atoms with Crippen molar-refractivity contribution < 1.29 is 38.6 Å². The number of thioether (sulfide) groups is 1. The number of aliphatic carboxylic acids is 1. The molecule has 3 atom stereocenters. The van der Waals surface area contributed by atoms with Gasteiger partial charge in [0.05, 0.1) is 0 Å². The molecule has 0 aliphatic carbocycles. The third-order valence-corrected chi connectivity index (χ3v) is 5.94. The Morgan fingerprint density at radius 1 is 1.13 bits per heavy atom. The number of hydrogen-bond acceptors (Lipinski definition) is 5. The molecular formula is C11H21NO8P2S. The van der Waals surface area contributed by atoms with Crippen LogP contribution in [0, 0.1) is 0 Å². The van der Waals surface area contributed by atoms with Gasteiger partial charge in [0, 0.05) is 0 Å². The minimum absolute atomic E-state index is 0.0782. The molecular weight excluding hydrogens is 368 g/mol. The zero-order valence-electron chi connectivity index (χ0n) is 12.4. The quantitative estimate of drug-likeness (QED) is 0.254. The standard InChI is InChI=1S/C11H21NO8P2S/c1-4-9(21(15,16)17)12(10(5-2)22(18,19)20)8(11(13)14)6-7-23-3/h4-5,8-10H,1-2,6-7H2,3H3,(H,13,14)(H2,15,16,17)(H2,18,19,20)/t8-,9?,10?/m0/s1. The number of carboxylic acids is 1. The summed E-state index contributed by atoms with van der Waals surface area (Å²) in [4.78, 5) is 49.8. The summed E-state index contributed by atoms with van der Waals surface area (Å²) in [6.07, 6.45) is 3.18. The fourth-order valence-corrected chi connectivity index (χ4v) is 4.44. The lowest BCUT2D eigenvalue weighted by molar-refractivity contribution is -0.143. The van der Waals surface area contributed by atoms with Crippen LogP contribution >= 0.6 is 27.0 Å². The molecule has 0 fully saturated rings. The minimum Gasteiger partial charge on any atom is -0.480 e. The summed E-state index contributed by atoms with van der Waals surface area (Å²) in [6.45, 7) is 6.50. The van der Waals surface area contributed by atoms with Crippen LogP contribution in [0.2, 0.25) is 0 Å². The summed E-state index contributed by atoms with van der Waals surface area (Å²) in [7, 11) is -9.90. The van der Waals surface area contributed by atoms with E-state index < -0.39 is 38.8 Å². The number of nitrogens with zero attached hydrogens (tertiary/aromatic N) is 1. The third-order valence-electron chi connectivity index (χ3n) is 2.96. The van der Waals surface area contributed by atoms with Crippen LogP contribution in [0.1, 0.15) is 6.42 Å². The summed E-state index contributed by atoms with van der Waals surface area (Å²) < 4.78 is 23.3. The predicted molar refractivity (Wildman–Crippen MR) is 88.3 cm³/mol. The lowest BCUT2D eigenvalue weighted by Gasteiger charge is -2.39. The van der Waals surface area contributed by atoms with Gasteiger partial charge in [-0.1, -0.05) is 12.2 Å². The fourth-order valence-electron chi connectivity index (χ4n) is 2.02. The second-order valence-corrected chi connectivity index (χ2v) is 8.96. The first-order chi connectivity index (χ1) is 10.4. The molecule has 0 aliphatic rings. The van der Waals surface area contributed by atoms with Crippen molar-refractivity contribution in [2.45, 2.75) is 24.0 Å². The predicted octanol–water partition coefficient (Wildman–Crippen LogP) is 0.874. The molecule has 0 rings (SSSR count). The van der Waals surface area contributed by atoms with Crippen molar-refractivity contribution in [2.75, 3.05) is 12.0 Å². The van der Waals surface area contributed by atoms with Crippen LogP contribution in [0.3, 0.4) is 0 Å². The maximum atomic E-state index is 11.6. The molecule has 0 aliphatic heterocycles. The maximum Gasteiger partial charge on any atom is 0.346 e. The summed E-state index contributed by atoms with van der Waals surface area (Å²) in [5.74, 6) is -4.90. The highest BCUT2D eigenvalue weighted by Crippen LogP contribution is 2.52. The molecule has 5 N–H and O–H groups in total. The summed E-state index contributed by atoms with van der Waals surface area (Å²) >= 11 is 1.29. The van der Waals surface area contributed by atoms with Crippen molar-refractivity contribution in [2.24, 2.45) is 0 Å². The van der Waals surface area contributed by atoms with E-state index in [1.54, 1.807) is 6.26 Å². The highest BCUT2D eigenvalue weighted by Gasteiger charge is 2.47. The van der Waals surface area contributed by atoms with E-state index in [1.807, 2.05) is 0 Å². The lowest BCUT2D eigenvalue weighted by Crippen LogP contribution is -2.51. The van der Waals surface area contributed by atoms with Crippen molar-refractivity contribution in [1.29, 1.82) is 0 Å². The van der Waals surface area contributed by atoms with Gasteiger partial charge < -0.3 is 24.7 Å². The van der Waals surface area contributed by atoms with E-state index in [1.165, 1.54) is 11.8 Å². The van der Waals surface area contributed by atoms with Crippen LogP contribution in [0.5, 0.6) is 0 Å². The first kappa shape index (κ1) is 22.6. The molecule has 0 bridgehead atoms. The topological polar surface area (TPSA) is 156 Å². The van der Waals surface area contributed by atoms with Crippen LogP contribution in [-0.2, 0) is 13.9 Å². The summed E-state index contributed by atoms with van der Waals surface area (Å²) in [6, 6.07) is -1.53. The Balaban J connectivity index is 6.19. The van der Waals surface area contributed by atoms with Gasteiger partial charge in [0.25, 0.3) is 0 Å². The van der Waals surface area contributed by atoms with Crippen LogP contribution in [0.4, 0.5) is 0 Å². The Hall–Kier alpha value is -0.440. The number of hydrogen-bond donors (Lipinski definition) is 5. The fraction of sp³-hybridized carbons (Fsp3) is 0.545. The lowest BCUT2D eigenvalue weighted by atomic mass is 10.2. The highest BCUT2D eigenvalue weighted by atomic mass is 32.2.